The van der Waals surface area contributed by atoms with Gasteiger partial charge in [-0.3, -0.25) is 4.72 Å². The van der Waals surface area contributed by atoms with E-state index < -0.39 is 20.0 Å². The van der Waals surface area contributed by atoms with Crippen molar-refractivity contribution in [3.8, 4) is 0 Å². The molecule has 2 N–H and O–H groups in total. The Kier molecular flexibility index (Phi) is 4.98. The topological polar surface area (TPSA) is 92.3 Å². The molecule has 2 aromatic rings. The molecule has 0 amide bonds. The van der Waals surface area contributed by atoms with Crippen molar-refractivity contribution in [2.45, 2.75) is 53.2 Å². The second-order valence-electron chi connectivity index (χ2n) is 8.99. The first-order chi connectivity index (χ1) is 14.1. The summed E-state index contributed by atoms with van der Waals surface area (Å²) in [5, 5.41) is 0. The third kappa shape index (κ3) is 3.90. The number of halogens is 1. The number of nitrogens with one attached hydrogen (secondary N) is 2. The fraction of sp³-hybridized carbons (Fsp3) is 0.500. The highest BCUT2D eigenvalue weighted by atomic mass is 35.5. The zero-order valence-electron chi connectivity index (χ0n) is 16.2. The highest BCUT2D eigenvalue weighted by Crippen LogP contribution is 2.56. The molecule has 0 radical (unpaired) electrons. The summed E-state index contributed by atoms with van der Waals surface area (Å²) < 4.78 is 57.0. The zero-order valence-corrected chi connectivity index (χ0v) is 19.4. The SMILES string of the molecule is O=S(=O)(NC12CC3CC(CC(C3)C1)C2)c1ccc(NS(=O)(=O)c2ccc(Cl)s2)cc1. The molecule has 1 aromatic heterocycles. The molecule has 0 spiro atoms. The fourth-order valence-electron chi connectivity index (χ4n) is 5.93. The Hall–Kier alpha value is -1.13. The van der Waals surface area contributed by atoms with Crippen LogP contribution in [0.1, 0.15) is 38.5 Å². The van der Waals surface area contributed by atoms with E-state index in [1.54, 1.807) is 0 Å². The van der Waals surface area contributed by atoms with Crippen molar-refractivity contribution in [2.24, 2.45) is 17.8 Å². The van der Waals surface area contributed by atoms with Crippen LogP contribution in [0.5, 0.6) is 0 Å². The normalized spacial score (nSPS) is 30.5. The predicted molar refractivity (Wildman–Crippen MR) is 118 cm³/mol. The second kappa shape index (κ2) is 7.20. The molecule has 0 saturated heterocycles. The Morgan fingerprint density at radius 1 is 0.833 bits per heavy atom. The van der Waals surface area contributed by atoms with Crippen molar-refractivity contribution < 1.29 is 16.8 Å². The van der Waals surface area contributed by atoms with E-state index in [1.165, 1.54) is 55.7 Å². The summed E-state index contributed by atoms with van der Waals surface area (Å²) in [6, 6.07) is 8.79. The molecule has 4 fully saturated rings. The molecule has 1 aromatic carbocycles. The molecule has 10 heteroatoms. The summed E-state index contributed by atoms with van der Waals surface area (Å²) >= 11 is 6.78. The van der Waals surface area contributed by atoms with Crippen LogP contribution in [0.3, 0.4) is 0 Å². The monoisotopic (exact) mass is 486 g/mol. The average molecular weight is 487 g/mol. The van der Waals surface area contributed by atoms with Crippen LogP contribution in [0, 0.1) is 17.8 Å². The first-order valence-corrected chi connectivity index (χ1v) is 14.2. The number of rotatable bonds is 6. The Morgan fingerprint density at radius 2 is 1.40 bits per heavy atom. The molecule has 0 unspecified atom stereocenters. The molecule has 162 valence electrons. The Bertz CT molecular complexity index is 1140. The third-order valence-electron chi connectivity index (χ3n) is 6.62. The molecule has 4 saturated carbocycles. The lowest BCUT2D eigenvalue weighted by atomic mass is 9.53. The van der Waals surface area contributed by atoms with Gasteiger partial charge in [0.15, 0.2) is 0 Å². The van der Waals surface area contributed by atoms with Gasteiger partial charge in [0.05, 0.1) is 9.23 Å². The van der Waals surface area contributed by atoms with Crippen molar-refractivity contribution in [3.05, 3.63) is 40.7 Å². The molecular weight excluding hydrogens is 464 g/mol. The highest BCUT2D eigenvalue weighted by molar-refractivity contribution is 7.94. The number of anilines is 1. The number of hydrogen-bond donors (Lipinski definition) is 2. The van der Waals surface area contributed by atoms with Gasteiger partial charge in [0.25, 0.3) is 10.0 Å². The van der Waals surface area contributed by atoms with Crippen LogP contribution in [-0.2, 0) is 20.0 Å². The summed E-state index contributed by atoms with van der Waals surface area (Å²) in [7, 11) is -7.43. The van der Waals surface area contributed by atoms with E-state index in [1.807, 2.05) is 0 Å². The van der Waals surface area contributed by atoms with E-state index >= 15 is 0 Å². The van der Waals surface area contributed by atoms with E-state index in [9.17, 15) is 16.8 Å². The van der Waals surface area contributed by atoms with Crippen molar-refractivity contribution in [1.82, 2.24) is 4.72 Å². The minimum Gasteiger partial charge on any atom is -0.279 e. The van der Waals surface area contributed by atoms with Gasteiger partial charge in [0.2, 0.25) is 10.0 Å². The Morgan fingerprint density at radius 3 is 1.90 bits per heavy atom. The van der Waals surface area contributed by atoms with Gasteiger partial charge >= 0.3 is 0 Å². The summed E-state index contributed by atoms with van der Waals surface area (Å²) in [6.07, 6.45) is 6.51. The van der Waals surface area contributed by atoms with E-state index in [0.29, 0.717) is 27.8 Å². The lowest BCUT2D eigenvalue weighted by molar-refractivity contribution is -0.00810. The lowest BCUT2D eigenvalue weighted by Crippen LogP contribution is -2.59. The van der Waals surface area contributed by atoms with E-state index in [2.05, 4.69) is 9.44 Å². The maximum absolute atomic E-state index is 13.1. The zero-order chi connectivity index (χ0) is 21.1. The van der Waals surface area contributed by atoms with Crippen molar-refractivity contribution in [1.29, 1.82) is 0 Å². The van der Waals surface area contributed by atoms with Crippen LogP contribution >= 0.6 is 22.9 Å². The Balaban J connectivity index is 1.32. The van der Waals surface area contributed by atoms with Gasteiger partial charge in [-0.05, 0) is 92.7 Å². The van der Waals surface area contributed by atoms with Crippen LogP contribution < -0.4 is 9.44 Å². The molecule has 6 nitrogen and oxygen atoms in total. The largest absolute Gasteiger partial charge is 0.279 e. The standard InChI is InChI=1S/C20H23ClN2O4S3/c21-18-5-6-19(28-18)30(26,27)22-16-1-3-17(4-2-16)29(24,25)23-20-10-13-7-14(11-20)9-15(8-13)12-20/h1-6,13-15,22-23H,7-12H2. The molecule has 4 aliphatic rings. The summed E-state index contributed by atoms with van der Waals surface area (Å²) in [5.41, 5.74) is -0.0139. The van der Waals surface area contributed by atoms with E-state index in [0.717, 1.165) is 30.6 Å². The molecule has 4 aliphatic carbocycles. The summed E-state index contributed by atoms with van der Waals surface area (Å²) in [4.78, 5) is 0.153. The molecule has 4 bridgehead atoms. The van der Waals surface area contributed by atoms with Crippen molar-refractivity contribution >= 4 is 48.7 Å². The predicted octanol–water partition coefficient (Wildman–Crippen LogP) is 4.45. The van der Waals surface area contributed by atoms with Gasteiger partial charge in [-0.25, -0.2) is 21.6 Å². The number of sulfonamides is 2. The van der Waals surface area contributed by atoms with Crippen molar-refractivity contribution in [2.75, 3.05) is 4.72 Å². The van der Waals surface area contributed by atoms with Crippen LogP contribution in [0.25, 0.3) is 0 Å². The lowest BCUT2D eigenvalue weighted by Gasteiger charge is -2.56. The van der Waals surface area contributed by atoms with Gasteiger partial charge in [0.1, 0.15) is 4.21 Å². The fourth-order valence-corrected chi connectivity index (χ4v) is 9.90. The minimum atomic E-state index is -3.76. The molecule has 0 atom stereocenters. The first-order valence-electron chi connectivity index (χ1n) is 10.0. The van der Waals surface area contributed by atoms with Crippen LogP contribution in [0.2, 0.25) is 4.34 Å². The summed E-state index contributed by atoms with van der Waals surface area (Å²) in [6.45, 7) is 0. The maximum Gasteiger partial charge on any atom is 0.271 e. The summed E-state index contributed by atoms with van der Waals surface area (Å²) in [5.74, 6) is 1.92. The van der Waals surface area contributed by atoms with Crippen LogP contribution in [0.15, 0.2) is 45.5 Å². The maximum atomic E-state index is 13.1. The minimum absolute atomic E-state index is 0.104. The van der Waals surface area contributed by atoms with Crippen LogP contribution in [-0.4, -0.2) is 22.4 Å². The Labute approximate surface area is 186 Å². The smallest absolute Gasteiger partial charge is 0.271 e. The molecule has 1 heterocycles. The third-order valence-corrected chi connectivity index (χ3v) is 11.3. The first kappa shape index (κ1) is 20.8. The molecule has 6 rings (SSSR count). The number of hydrogen-bond acceptors (Lipinski definition) is 5. The highest BCUT2D eigenvalue weighted by Gasteiger charge is 2.52. The number of benzene rings is 1. The van der Waals surface area contributed by atoms with Crippen LogP contribution in [0.4, 0.5) is 5.69 Å². The van der Waals surface area contributed by atoms with E-state index in [-0.39, 0.29) is 14.6 Å². The number of thiophene rings is 1. The average Bonchev–Trinajstić information content (AvgIpc) is 3.07. The second-order valence-corrected chi connectivity index (χ2v) is 14.3. The molecule has 0 aliphatic heterocycles. The van der Waals surface area contributed by atoms with Gasteiger partial charge in [-0.15, -0.1) is 11.3 Å². The quantitative estimate of drug-likeness (QED) is 0.630. The van der Waals surface area contributed by atoms with Gasteiger partial charge in [0, 0.05) is 11.2 Å². The van der Waals surface area contributed by atoms with Crippen molar-refractivity contribution in [3.63, 3.8) is 0 Å². The van der Waals surface area contributed by atoms with Gasteiger partial charge < -0.3 is 0 Å². The van der Waals surface area contributed by atoms with Gasteiger partial charge in [-0.1, -0.05) is 11.6 Å². The molecule has 30 heavy (non-hydrogen) atoms. The van der Waals surface area contributed by atoms with Gasteiger partial charge in [-0.2, -0.15) is 0 Å². The van der Waals surface area contributed by atoms with E-state index in [4.69, 9.17) is 11.6 Å². The molecular formula is C20H23ClN2O4S3.